The summed E-state index contributed by atoms with van der Waals surface area (Å²) < 4.78 is 67.2. The number of carbonyl (C=O) groups is 1. The molecule has 9 nitrogen and oxygen atoms in total. The van der Waals surface area contributed by atoms with E-state index in [4.69, 9.17) is 9.47 Å². The number of hydrogen-bond acceptors (Lipinski definition) is 7. The average molecular weight is 673 g/mol. The Labute approximate surface area is 275 Å². The first-order chi connectivity index (χ1) is 21.8. The first-order valence-corrected chi connectivity index (χ1v) is 18.8. The van der Waals surface area contributed by atoms with Crippen LogP contribution in [0.15, 0.2) is 94.7 Å². The first kappa shape index (κ1) is 36.9. The van der Waals surface area contributed by atoms with E-state index >= 15 is 0 Å². The van der Waals surface area contributed by atoms with Gasteiger partial charge in [-0.2, -0.15) is 3.71 Å². The number of sulfonamides is 2. The summed E-state index contributed by atoms with van der Waals surface area (Å²) in [5, 5.41) is 0. The number of ether oxygens (including phenoxy) is 2. The van der Waals surface area contributed by atoms with E-state index in [-0.39, 0.29) is 27.3 Å². The number of nitrogens with zero attached hydrogens (tertiary/aromatic N) is 2. The minimum atomic E-state index is -4.51. The van der Waals surface area contributed by atoms with Crippen LogP contribution in [-0.4, -0.2) is 53.6 Å². The van der Waals surface area contributed by atoms with E-state index in [1.807, 2.05) is 20.8 Å². The third-order valence-electron chi connectivity index (χ3n) is 7.18. The average Bonchev–Trinajstić information content (AvgIpc) is 3.02. The van der Waals surface area contributed by atoms with Crippen LogP contribution in [0.4, 0.5) is 10.5 Å². The van der Waals surface area contributed by atoms with Crippen LogP contribution in [0.5, 0.6) is 5.75 Å². The van der Waals surface area contributed by atoms with E-state index < -0.39 is 25.6 Å². The molecule has 0 N–H and O–H groups in total. The number of benzene rings is 3. The predicted octanol–water partition coefficient (Wildman–Crippen LogP) is 8.03. The third kappa shape index (κ3) is 11.0. The topological polar surface area (TPSA) is 110 Å². The van der Waals surface area contributed by atoms with E-state index in [1.165, 1.54) is 30.3 Å². The lowest BCUT2D eigenvalue weighted by molar-refractivity contribution is 0.0296. The van der Waals surface area contributed by atoms with Gasteiger partial charge in [-0.25, -0.2) is 21.6 Å². The molecule has 0 radical (unpaired) electrons. The van der Waals surface area contributed by atoms with E-state index in [1.54, 1.807) is 66.5 Å². The summed E-state index contributed by atoms with van der Waals surface area (Å²) in [6.07, 6.45) is 8.97. The van der Waals surface area contributed by atoms with Crippen LogP contribution in [0.25, 0.3) is 0 Å². The van der Waals surface area contributed by atoms with Crippen molar-refractivity contribution in [2.45, 2.75) is 94.0 Å². The molecule has 1 amide bonds. The summed E-state index contributed by atoms with van der Waals surface area (Å²) in [6.45, 7) is 6.60. The summed E-state index contributed by atoms with van der Waals surface area (Å²) in [6, 6.07) is 21.4. The standard InChI is InChI=1S/C35H48N2O7S2/c1-35(2,3)44-34(38)36(4)28-20-10-8-6-5-7-9-11-21-29-43-33-27-19-18-26-32(33)37(45(39,40)30-22-14-12-15-23-30)46(41,42)31-24-16-13-17-25-31/h12-19,22-27H,5-11,20-21,28-29H2,1-4H3. The molecule has 3 rings (SSSR count). The summed E-state index contributed by atoms with van der Waals surface area (Å²) in [7, 11) is -7.25. The van der Waals surface area contributed by atoms with Gasteiger partial charge in [-0.1, -0.05) is 93.5 Å². The van der Waals surface area contributed by atoms with Gasteiger partial charge in [-0.3, -0.25) is 0 Å². The van der Waals surface area contributed by atoms with Gasteiger partial charge < -0.3 is 14.4 Å². The molecule has 3 aromatic rings. The van der Waals surface area contributed by atoms with Crippen LogP contribution < -0.4 is 8.45 Å². The molecule has 0 atom stereocenters. The lowest BCUT2D eigenvalue weighted by Gasteiger charge is -2.26. The zero-order valence-corrected chi connectivity index (χ0v) is 29.1. The molecule has 0 unspecified atom stereocenters. The Bertz CT molecular complexity index is 1500. The highest BCUT2D eigenvalue weighted by Gasteiger charge is 2.38. The summed E-state index contributed by atoms with van der Waals surface area (Å²) in [5.41, 5.74) is -0.548. The Morgan fingerprint density at radius 2 is 1.07 bits per heavy atom. The Kier molecular flexibility index (Phi) is 13.9. The molecular weight excluding hydrogens is 625 g/mol. The van der Waals surface area contributed by atoms with Crippen molar-refractivity contribution in [3.63, 3.8) is 0 Å². The van der Waals surface area contributed by atoms with Crippen LogP contribution in [0.1, 0.15) is 78.6 Å². The van der Waals surface area contributed by atoms with Crippen molar-refractivity contribution in [2.75, 3.05) is 23.9 Å². The largest absolute Gasteiger partial charge is 0.491 e. The highest BCUT2D eigenvalue weighted by molar-refractivity contribution is 8.10. The highest BCUT2D eigenvalue weighted by Crippen LogP contribution is 2.37. The van der Waals surface area contributed by atoms with E-state index in [2.05, 4.69) is 0 Å². The smallest absolute Gasteiger partial charge is 0.410 e. The molecule has 0 aromatic heterocycles. The van der Waals surface area contributed by atoms with Crippen LogP contribution in [0, 0.1) is 0 Å². The van der Waals surface area contributed by atoms with Gasteiger partial charge in [-0.15, -0.1) is 0 Å². The Morgan fingerprint density at radius 1 is 0.630 bits per heavy atom. The van der Waals surface area contributed by atoms with Gasteiger partial charge in [0.05, 0.1) is 16.4 Å². The van der Waals surface area contributed by atoms with Crippen molar-refractivity contribution in [3.8, 4) is 5.75 Å². The van der Waals surface area contributed by atoms with Crippen LogP contribution in [-0.2, 0) is 24.8 Å². The zero-order chi connectivity index (χ0) is 33.6. The lowest BCUT2D eigenvalue weighted by atomic mass is 10.1. The number of hydrogen-bond donors (Lipinski definition) is 0. The van der Waals surface area contributed by atoms with Gasteiger partial charge in [0, 0.05) is 13.6 Å². The quantitative estimate of drug-likeness (QED) is 0.126. The molecule has 0 saturated heterocycles. The molecule has 252 valence electrons. The second-order valence-electron chi connectivity index (χ2n) is 12.2. The maximum Gasteiger partial charge on any atom is 0.410 e. The van der Waals surface area contributed by atoms with Crippen molar-refractivity contribution in [1.29, 1.82) is 0 Å². The SMILES string of the molecule is CN(CCCCCCCCCCCOc1ccccc1N(S(=O)(=O)c1ccccc1)S(=O)(=O)c1ccccc1)C(=O)OC(C)(C)C. The molecule has 3 aromatic carbocycles. The van der Waals surface area contributed by atoms with Gasteiger partial charge in [0.1, 0.15) is 17.0 Å². The van der Waals surface area contributed by atoms with Gasteiger partial charge in [0.2, 0.25) is 0 Å². The van der Waals surface area contributed by atoms with Crippen LogP contribution in [0.3, 0.4) is 0 Å². The second-order valence-corrected chi connectivity index (χ2v) is 16.0. The molecule has 0 aliphatic carbocycles. The molecule has 0 aliphatic heterocycles. The van der Waals surface area contributed by atoms with E-state index in [0.29, 0.717) is 16.9 Å². The first-order valence-electron chi connectivity index (χ1n) is 15.9. The fourth-order valence-electron chi connectivity index (χ4n) is 4.80. The Hall–Kier alpha value is -3.57. The third-order valence-corrected chi connectivity index (χ3v) is 11.4. The number of rotatable bonds is 18. The number of amides is 1. The zero-order valence-electron chi connectivity index (χ0n) is 27.4. The summed E-state index contributed by atoms with van der Waals surface area (Å²) >= 11 is 0. The molecule has 46 heavy (non-hydrogen) atoms. The number of para-hydroxylation sites is 2. The molecule has 11 heteroatoms. The number of unbranched alkanes of at least 4 members (excludes halogenated alkanes) is 8. The molecule has 0 heterocycles. The molecular formula is C35H48N2O7S2. The van der Waals surface area contributed by atoms with Gasteiger partial charge >= 0.3 is 6.09 Å². The molecule has 0 spiro atoms. The van der Waals surface area contributed by atoms with Crippen LogP contribution in [0.2, 0.25) is 0 Å². The maximum absolute atomic E-state index is 13.8. The van der Waals surface area contributed by atoms with Crippen molar-refractivity contribution in [1.82, 2.24) is 4.90 Å². The maximum atomic E-state index is 13.8. The predicted molar refractivity (Wildman–Crippen MR) is 182 cm³/mol. The monoisotopic (exact) mass is 672 g/mol. The summed E-state index contributed by atoms with van der Waals surface area (Å²) in [4.78, 5) is 13.4. The Balaban J connectivity index is 1.49. The van der Waals surface area contributed by atoms with Gasteiger partial charge in [-0.05, 0) is 70.0 Å². The highest BCUT2D eigenvalue weighted by atomic mass is 32.3. The van der Waals surface area contributed by atoms with Crippen LogP contribution >= 0.6 is 0 Å². The number of carbonyl (C=O) groups excluding carboxylic acids is 1. The van der Waals surface area contributed by atoms with Crippen molar-refractivity contribution < 1.29 is 31.1 Å². The van der Waals surface area contributed by atoms with Crippen molar-refractivity contribution in [2.24, 2.45) is 0 Å². The molecule has 0 bridgehead atoms. The molecule has 0 fully saturated rings. The van der Waals surface area contributed by atoms with E-state index in [9.17, 15) is 21.6 Å². The van der Waals surface area contributed by atoms with Crippen molar-refractivity contribution in [3.05, 3.63) is 84.9 Å². The lowest BCUT2D eigenvalue weighted by Crippen LogP contribution is -2.37. The second kappa shape index (κ2) is 17.4. The fraction of sp³-hybridized carbons (Fsp3) is 0.457. The summed E-state index contributed by atoms with van der Waals surface area (Å²) in [5.74, 6) is 0.179. The Morgan fingerprint density at radius 3 is 1.57 bits per heavy atom. The minimum Gasteiger partial charge on any atom is -0.491 e. The fourth-order valence-corrected chi connectivity index (χ4v) is 8.55. The van der Waals surface area contributed by atoms with Gasteiger partial charge in [0.15, 0.2) is 0 Å². The van der Waals surface area contributed by atoms with E-state index in [0.717, 1.165) is 57.8 Å². The normalized spacial score (nSPS) is 12.0. The van der Waals surface area contributed by atoms with Crippen molar-refractivity contribution >= 4 is 31.8 Å². The molecule has 0 aliphatic rings. The number of anilines is 1. The van der Waals surface area contributed by atoms with Gasteiger partial charge in [0.25, 0.3) is 20.0 Å². The molecule has 0 saturated carbocycles. The minimum absolute atomic E-state index is 0.0625.